The number of carbonyl (C=O) groups is 2. The van der Waals surface area contributed by atoms with Crippen LogP contribution in [0.2, 0.25) is 5.02 Å². The number of aromatic nitrogens is 4. The first-order valence-electron chi connectivity index (χ1n) is 14.9. The predicted molar refractivity (Wildman–Crippen MR) is 172 cm³/mol. The Morgan fingerprint density at radius 3 is 2.00 bits per heavy atom. The third kappa shape index (κ3) is 6.70. The van der Waals surface area contributed by atoms with E-state index in [1.165, 1.54) is 11.0 Å². The van der Waals surface area contributed by atoms with Gasteiger partial charge < -0.3 is 4.90 Å². The van der Waals surface area contributed by atoms with Crippen LogP contribution in [0.25, 0.3) is 33.4 Å². The van der Waals surface area contributed by atoms with E-state index in [0.29, 0.717) is 27.8 Å². The van der Waals surface area contributed by atoms with Gasteiger partial charge >= 0.3 is 0 Å². The second kappa shape index (κ2) is 13.2. The summed E-state index contributed by atoms with van der Waals surface area (Å²) < 4.78 is 30.4. The summed E-state index contributed by atoms with van der Waals surface area (Å²) in [6.45, 7) is 3.38. The molecule has 0 radical (unpaired) electrons. The molecular formula is C36H30ClF2N5O2. The van der Waals surface area contributed by atoms with Crippen molar-refractivity contribution >= 4 is 23.3 Å². The van der Waals surface area contributed by atoms with E-state index in [-0.39, 0.29) is 36.9 Å². The zero-order valence-electron chi connectivity index (χ0n) is 25.3. The van der Waals surface area contributed by atoms with Gasteiger partial charge in [-0.1, -0.05) is 60.1 Å². The van der Waals surface area contributed by atoms with Crippen molar-refractivity contribution in [3.63, 3.8) is 0 Å². The number of amides is 1. The van der Waals surface area contributed by atoms with E-state index in [1.807, 2.05) is 18.2 Å². The van der Waals surface area contributed by atoms with Crippen molar-refractivity contribution in [1.29, 1.82) is 0 Å². The fraction of sp³-hybridized carbons (Fsp3) is 0.222. The molecule has 3 heterocycles. The van der Waals surface area contributed by atoms with Gasteiger partial charge in [-0.05, 0) is 48.2 Å². The SMILES string of the molecule is Cc1ncc(-c2cc(CC(=O)N3C[C@H](F)C[C@H]3C(=O)Cc3cccc(-c4ccccc4Cl)c3F)cc(-c3cnc(C)nc3)c2)cn1. The largest absolute Gasteiger partial charge is 0.329 e. The van der Waals surface area contributed by atoms with Crippen LogP contribution in [0.15, 0.2) is 85.5 Å². The molecule has 1 aliphatic heterocycles. The van der Waals surface area contributed by atoms with Crippen molar-refractivity contribution in [3.8, 4) is 33.4 Å². The normalized spacial score (nSPS) is 16.1. The van der Waals surface area contributed by atoms with Crippen molar-refractivity contribution < 1.29 is 18.4 Å². The van der Waals surface area contributed by atoms with Crippen LogP contribution in [-0.4, -0.2) is 55.3 Å². The molecule has 2 aromatic heterocycles. The number of halogens is 3. The number of rotatable bonds is 8. The molecule has 1 aliphatic rings. The molecular weight excluding hydrogens is 608 g/mol. The summed E-state index contributed by atoms with van der Waals surface area (Å²) in [5.74, 6) is -0.133. The molecule has 2 atom stereocenters. The Balaban J connectivity index is 1.26. The molecule has 1 saturated heterocycles. The number of aryl methyl sites for hydroxylation is 2. The van der Waals surface area contributed by atoms with E-state index >= 15 is 4.39 Å². The lowest BCUT2D eigenvalue weighted by Crippen LogP contribution is -2.42. The molecule has 232 valence electrons. The average Bonchev–Trinajstić information content (AvgIpc) is 3.45. The Kier molecular flexibility index (Phi) is 8.94. The number of ketones is 1. The second-order valence-electron chi connectivity index (χ2n) is 11.4. The zero-order valence-corrected chi connectivity index (χ0v) is 26.0. The lowest BCUT2D eigenvalue weighted by Gasteiger charge is -2.24. The summed E-state index contributed by atoms with van der Waals surface area (Å²) in [6.07, 6.45) is 4.97. The van der Waals surface area contributed by atoms with E-state index in [4.69, 9.17) is 11.6 Å². The molecule has 0 spiro atoms. The minimum atomic E-state index is -1.37. The molecule has 10 heteroatoms. The first-order valence-corrected chi connectivity index (χ1v) is 15.2. The number of benzene rings is 3. The number of hydrogen-bond donors (Lipinski definition) is 0. The Morgan fingerprint density at radius 1 is 0.804 bits per heavy atom. The van der Waals surface area contributed by atoms with Crippen LogP contribution in [0.5, 0.6) is 0 Å². The molecule has 1 fully saturated rings. The van der Waals surface area contributed by atoms with Gasteiger partial charge in [0.1, 0.15) is 23.6 Å². The monoisotopic (exact) mass is 637 g/mol. The van der Waals surface area contributed by atoms with E-state index in [1.54, 1.807) is 75.0 Å². The number of Topliss-reactive ketones (excluding diaryl/α,β-unsaturated/α-hetero) is 1. The lowest BCUT2D eigenvalue weighted by molar-refractivity contribution is -0.136. The Labute approximate surface area is 270 Å². The summed E-state index contributed by atoms with van der Waals surface area (Å²) in [5.41, 5.74) is 4.68. The number of hydrogen-bond acceptors (Lipinski definition) is 6. The molecule has 46 heavy (non-hydrogen) atoms. The molecule has 0 saturated carbocycles. The second-order valence-corrected chi connectivity index (χ2v) is 11.8. The summed E-state index contributed by atoms with van der Waals surface area (Å²) in [5, 5.41) is 0.384. The molecule has 0 bridgehead atoms. The molecule has 1 amide bonds. The van der Waals surface area contributed by atoms with Crippen LogP contribution in [0.1, 0.15) is 29.2 Å². The van der Waals surface area contributed by atoms with Gasteiger partial charge in [0.15, 0.2) is 5.78 Å². The summed E-state index contributed by atoms with van der Waals surface area (Å²) in [7, 11) is 0. The van der Waals surface area contributed by atoms with Gasteiger partial charge in [-0.15, -0.1) is 0 Å². The first kappa shape index (κ1) is 31.1. The molecule has 0 N–H and O–H groups in total. The van der Waals surface area contributed by atoms with Crippen LogP contribution < -0.4 is 0 Å². The molecule has 3 aromatic carbocycles. The number of alkyl halides is 1. The number of carbonyl (C=O) groups excluding carboxylic acids is 2. The Hall–Kier alpha value is -4.89. The van der Waals surface area contributed by atoms with Crippen LogP contribution >= 0.6 is 11.6 Å². The van der Waals surface area contributed by atoms with E-state index in [2.05, 4.69) is 19.9 Å². The van der Waals surface area contributed by atoms with Crippen molar-refractivity contribution in [3.05, 3.63) is 119 Å². The van der Waals surface area contributed by atoms with Gasteiger partial charge in [0, 0.05) is 64.9 Å². The third-order valence-corrected chi connectivity index (χ3v) is 8.46. The molecule has 5 aromatic rings. The summed E-state index contributed by atoms with van der Waals surface area (Å²) in [4.78, 5) is 45.8. The van der Waals surface area contributed by atoms with Crippen LogP contribution in [0, 0.1) is 19.7 Å². The maximum atomic E-state index is 15.6. The van der Waals surface area contributed by atoms with Gasteiger partial charge in [0.25, 0.3) is 0 Å². The maximum absolute atomic E-state index is 15.6. The fourth-order valence-corrected chi connectivity index (χ4v) is 6.00. The quantitative estimate of drug-likeness (QED) is 0.183. The van der Waals surface area contributed by atoms with Gasteiger partial charge in [-0.3, -0.25) is 9.59 Å². The highest BCUT2D eigenvalue weighted by Crippen LogP contribution is 2.33. The molecule has 7 nitrogen and oxygen atoms in total. The Morgan fingerprint density at radius 2 is 1.39 bits per heavy atom. The zero-order chi connectivity index (χ0) is 32.4. The number of likely N-dealkylation sites (tertiary alicyclic amines) is 1. The van der Waals surface area contributed by atoms with Crippen LogP contribution in [-0.2, 0) is 22.4 Å². The van der Waals surface area contributed by atoms with Crippen LogP contribution in [0.4, 0.5) is 8.78 Å². The molecule has 0 unspecified atom stereocenters. The standard InChI is InChI=1S/C36H30ClF2N5O2/c1-21-40-16-27(17-41-21)25-10-23(11-26(13-25)28-18-42-22(2)43-19-28)12-35(46)44-20-29(38)15-33(44)34(45)14-24-6-5-8-31(36(24)39)30-7-3-4-9-32(30)37/h3-11,13,16-19,29,33H,12,14-15,20H2,1-2H3/t29-,33+/m1/s1. The highest BCUT2D eigenvalue weighted by atomic mass is 35.5. The van der Waals surface area contributed by atoms with E-state index < -0.39 is 29.7 Å². The molecule has 6 rings (SSSR count). The van der Waals surface area contributed by atoms with Crippen LogP contribution in [0.3, 0.4) is 0 Å². The lowest BCUT2D eigenvalue weighted by atomic mass is 9.96. The van der Waals surface area contributed by atoms with Gasteiger partial charge in [0.05, 0.1) is 19.0 Å². The Bertz CT molecular complexity index is 1850. The highest BCUT2D eigenvalue weighted by molar-refractivity contribution is 6.33. The topological polar surface area (TPSA) is 88.9 Å². The van der Waals surface area contributed by atoms with Crippen molar-refractivity contribution in [1.82, 2.24) is 24.8 Å². The minimum absolute atomic E-state index is 0.0763. The maximum Gasteiger partial charge on any atom is 0.227 e. The van der Waals surface area contributed by atoms with Gasteiger partial charge in [-0.25, -0.2) is 28.7 Å². The van der Waals surface area contributed by atoms with E-state index in [9.17, 15) is 14.0 Å². The smallest absolute Gasteiger partial charge is 0.227 e. The number of nitrogens with zero attached hydrogens (tertiary/aromatic N) is 5. The van der Waals surface area contributed by atoms with E-state index in [0.717, 1.165) is 22.3 Å². The third-order valence-electron chi connectivity index (χ3n) is 8.13. The fourth-order valence-electron chi connectivity index (χ4n) is 5.76. The van der Waals surface area contributed by atoms with Crippen molar-refractivity contribution in [2.24, 2.45) is 0 Å². The predicted octanol–water partition coefficient (Wildman–Crippen LogP) is 6.97. The summed E-state index contributed by atoms with van der Waals surface area (Å²) in [6, 6.07) is 16.3. The summed E-state index contributed by atoms with van der Waals surface area (Å²) >= 11 is 6.30. The average molecular weight is 638 g/mol. The minimum Gasteiger partial charge on any atom is -0.329 e. The van der Waals surface area contributed by atoms with Gasteiger partial charge in [0.2, 0.25) is 5.91 Å². The first-order chi connectivity index (χ1) is 22.2. The van der Waals surface area contributed by atoms with Crippen molar-refractivity contribution in [2.75, 3.05) is 6.54 Å². The highest BCUT2D eigenvalue weighted by Gasteiger charge is 2.39. The molecule has 0 aliphatic carbocycles. The van der Waals surface area contributed by atoms with Crippen molar-refractivity contribution in [2.45, 2.75) is 45.3 Å². The van der Waals surface area contributed by atoms with Gasteiger partial charge in [-0.2, -0.15) is 0 Å².